The number of piperazine rings is 1. The number of nitrogens with two attached hydrogens (primary N) is 1. The second kappa shape index (κ2) is 9.29. The normalized spacial score (nSPS) is 16.1. The Bertz CT molecular complexity index is 877. The van der Waals surface area contributed by atoms with Gasteiger partial charge in [0.1, 0.15) is 0 Å². The van der Waals surface area contributed by atoms with Crippen LogP contribution in [0.5, 0.6) is 0 Å². The predicted octanol–water partition coefficient (Wildman–Crippen LogP) is 0.882. The molecule has 1 saturated heterocycles. The second-order valence-corrected chi connectivity index (χ2v) is 8.66. The number of benzene rings is 2. The summed E-state index contributed by atoms with van der Waals surface area (Å²) in [5, 5.41) is 0. The van der Waals surface area contributed by atoms with Crippen LogP contribution in [0.25, 0.3) is 0 Å². The Hall–Kier alpha value is -2.26. The molecule has 0 unspecified atom stereocenters. The molecule has 0 saturated carbocycles. The molecule has 1 fully saturated rings. The quantitative estimate of drug-likeness (QED) is 0.683. The maximum atomic E-state index is 12.4. The Morgan fingerprint density at radius 2 is 1.54 bits per heavy atom. The molecule has 8 heteroatoms. The molecule has 1 amide bonds. The molecule has 0 atom stereocenters. The van der Waals surface area contributed by atoms with Crippen molar-refractivity contribution in [3.63, 3.8) is 0 Å². The van der Waals surface area contributed by atoms with Gasteiger partial charge in [0, 0.05) is 51.4 Å². The molecule has 28 heavy (non-hydrogen) atoms. The van der Waals surface area contributed by atoms with E-state index >= 15 is 0 Å². The summed E-state index contributed by atoms with van der Waals surface area (Å²) in [5.41, 5.74) is 6.77. The minimum Gasteiger partial charge on any atom is -0.366 e. The number of nitrogens with one attached hydrogen (secondary N) is 1. The first-order chi connectivity index (χ1) is 13.4. The number of hydrogen-bond acceptors (Lipinski definition) is 5. The fourth-order valence-corrected chi connectivity index (χ4v) is 4.25. The maximum absolute atomic E-state index is 12.4. The highest BCUT2D eigenvalue weighted by molar-refractivity contribution is 7.89. The summed E-state index contributed by atoms with van der Waals surface area (Å²) in [5.74, 6) is -0.580. The van der Waals surface area contributed by atoms with Crippen LogP contribution in [0.1, 0.15) is 15.9 Å². The van der Waals surface area contributed by atoms with Crippen LogP contribution in [0.4, 0.5) is 0 Å². The van der Waals surface area contributed by atoms with Gasteiger partial charge in [0.15, 0.2) is 0 Å². The van der Waals surface area contributed by atoms with E-state index in [9.17, 15) is 13.2 Å². The average molecular weight is 403 g/mol. The van der Waals surface area contributed by atoms with E-state index in [4.69, 9.17) is 5.73 Å². The molecule has 3 N–H and O–H groups in total. The Labute approximate surface area is 166 Å². The molecule has 0 aliphatic carbocycles. The van der Waals surface area contributed by atoms with E-state index in [0.29, 0.717) is 13.1 Å². The van der Waals surface area contributed by atoms with Gasteiger partial charge in [-0.15, -0.1) is 0 Å². The summed E-state index contributed by atoms with van der Waals surface area (Å²) >= 11 is 0. The van der Waals surface area contributed by atoms with Gasteiger partial charge in [-0.1, -0.05) is 30.3 Å². The Morgan fingerprint density at radius 1 is 0.929 bits per heavy atom. The van der Waals surface area contributed by atoms with Gasteiger partial charge in [-0.2, -0.15) is 0 Å². The van der Waals surface area contributed by atoms with Crippen LogP contribution < -0.4 is 10.5 Å². The Kier molecular flexibility index (Phi) is 6.79. The molecular weight excluding hydrogens is 376 g/mol. The lowest BCUT2D eigenvalue weighted by molar-refractivity contribution is 0.1000. The van der Waals surface area contributed by atoms with Crippen LogP contribution in [0.3, 0.4) is 0 Å². The molecule has 1 heterocycles. The number of sulfonamides is 1. The van der Waals surface area contributed by atoms with Crippen molar-refractivity contribution in [1.29, 1.82) is 0 Å². The van der Waals surface area contributed by atoms with Crippen molar-refractivity contribution in [2.75, 3.05) is 39.3 Å². The molecule has 0 spiro atoms. The van der Waals surface area contributed by atoms with E-state index in [0.717, 1.165) is 32.7 Å². The number of hydrogen-bond donors (Lipinski definition) is 2. The van der Waals surface area contributed by atoms with Gasteiger partial charge in [-0.3, -0.25) is 14.6 Å². The fraction of sp³-hybridized carbons (Fsp3) is 0.350. The van der Waals surface area contributed by atoms with Crippen LogP contribution >= 0.6 is 0 Å². The van der Waals surface area contributed by atoms with Crippen LogP contribution in [0.15, 0.2) is 59.5 Å². The van der Waals surface area contributed by atoms with Crippen LogP contribution in [-0.4, -0.2) is 63.4 Å². The highest BCUT2D eigenvalue weighted by atomic mass is 32.2. The van der Waals surface area contributed by atoms with E-state index in [1.165, 1.54) is 29.8 Å². The highest BCUT2D eigenvalue weighted by Crippen LogP contribution is 2.11. The molecule has 2 aromatic carbocycles. The zero-order chi connectivity index (χ0) is 20.0. The first-order valence-corrected chi connectivity index (χ1v) is 10.8. The number of nitrogens with zero attached hydrogens (tertiary/aromatic N) is 2. The molecular formula is C20H26N4O3S. The molecule has 3 rings (SSSR count). The van der Waals surface area contributed by atoms with Crippen molar-refractivity contribution < 1.29 is 13.2 Å². The van der Waals surface area contributed by atoms with Gasteiger partial charge in [-0.05, 0) is 29.8 Å². The summed E-state index contributed by atoms with van der Waals surface area (Å²) in [4.78, 5) is 15.9. The maximum Gasteiger partial charge on any atom is 0.248 e. The third-order valence-corrected chi connectivity index (χ3v) is 6.36. The minimum atomic E-state index is -3.59. The third-order valence-electron chi connectivity index (χ3n) is 4.88. The fourth-order valence-electron chi connectivity index (χ4n) is 3.23. The van der Waals surface area contributed by atoms with Crippen molar-refractivity contribution in [3.05, 3.63) is 65.7 Å². The van der Waals surface area contributed by atoms with Crippen molar-refractivity contribution >= 4 is 15.9 Å². The third kappa shape index (κ3) is 5.62. The zero-order valence-corrected chi connectivity index (χ0v) is 16.6. The molecule has 0 aromatic heterocycles. The standard InChI is InChI=1S/C20H26N4O3S/c21-20(25)18-6-8-19(9-7-18)28(26,27)22-10-11-23-12-14-24(15-13-23)16-17-4-2-1-3-5-17/h1-9,22H,10-16H2,(H2,21,25). The summed E-state index contributed by atoms with van der Waals surface area (Å²) in [6.45, 7) is 5.73. The molecule has 1 aliphatic heterocycles. The van der Waals surface area contributed by atoms with E-state index in [-0.39, 0.29) is 10.5 Å². The SMILES string of the molecule is NC(=O)c1ccc(S(=O)(=O)NCCN2CCN(Cc3ccccc3)CC2)cc1. The van der Waals surface area contributed by atoms with Gasteiger partial charge in [0.05, 0.1) is 4.90 Å². The van der Waals surface area contributed by atoms with Crippen LogP contribution in [0.2, 0.25) is 0 Å². The minimum absolute atomic E-state index is 0.130. The van der Waals surface area contributed by atoms with Crippen LogP contribution in [0, 0.1) is 0 Å². The van der Waals surface area contributed by atoms with E-state index < -0.39 is 15.9 Å². The van der Waals surface area contributed by atoms with Crippen molar-refractivity contribution in [2.24, 2.45) is 5.73 Å². The molecule has 150 valence electrons. The first kappa shape index (κ1) is 20.5. The summed E-state index contributed by atoms with van der Waals surface area (Å²) in [7, 11) is -3.59. The van der Waals surface area contributed by atoms with Crippen molar-refractivity contribution in [1.82, 2.24) is 14.5 Å². The molecule has 1 aliphatic rings. The van der Waals surface area contributed by atoms with Gasteiger partial charge in [0.25, 0.3) is 0 Å². The van der Waals surface area contributed by atoms with Gasteiger partial charge in [-0.25, -0.2) is 13.1 Å². The number of carbonyl (C=O) groups is 1. The van der Waals surface area contributed by atoms with Crippen LogP contribution in [-0.2, 0) is 16.6 Å². The lowest BCUT2D eigenvalue weighted by atomic mass is 10.2. The molecule has 7 nitrogen and oxygen atoms in total. The van der Waals surface area contributed by atoms with Gasteiger partial charge >= 0.3 is 0 Å². The van der Waals surface area contributed by atoms with Gasteiger partial charge in [0.2, 0.25) is 15.9 Å². The second-order valence-electron chi connectivity index (χ2n) is 6.89. The molecule has 2 aromatic rings. The molecule has 0 bridgehead atoms. The van der Waals surface area contributed by atoms with Gasteiger partial charge < -0.3 is 5.73 Å². The lowest BCUT2D eigenvalue weighted by Gasteiger charge is -2.34. The largest absolute Gasteiger partial charge is 0.366 e. The van der Waals surface area contributed by atoms with Crippen molar-refractivity contribution in [3.8, 4) is 0 Å². The monoisotopic (exact) mass is 402 g/mol. The van der Waals surface area contributed by atoms with E-state index in [1.54, 1.807) is 0 Å². The lowest BCUT2D eigenvalue weighted by Crippen LogP contribution is -2.48. The predicted molar refractivity (Wildman–Crippen MR) is 108 cm³/mol. The number of rotatable bonds is 8. The zero-order valence-electron chi connectivity index (χ0n) is 15.8. The van der Waals surface area contributed by atoms with E-state index in [1.807, 2.05) is 6.07 Å². The molecule has 0 radical (unpaired) electrons. The summed E-state index contributed by atoms with van der Waals surface area (Å²) < 4.78 is 27.3. The average Bonchev–Trinajstić information content (AvgIpc) is 2.70. The Balaban J connectivity index is 1.42. The number of amides is 1. The van der Waals surface area contributed by atoms with E-state index in [2.05, 4.69) is 38.8 Å². The number of carbonyl (C=O) groups excluding carboxylic acids is 1. The highest BCUT2D eigenvalue weighted by Gasteiger charge is 2.18. The number of primary amides is 1. The smallest absolute Gasteiger partial charge is 0.248 e. The van der Waals surface area contributed by atoms with Crippen molar-refractivity contribution in [2.45, 2.75) is 11.4 Å². The summed E-state index contributed by atoms with van der Waals surface area (Å²) in [6, 6.07) is 16.0. The summed E-state index contributed by atoms with van der Waals surface area (Å²) in [6.07, 6.45) is 0. The topological polar surface area (TPSA) is 95.7 Å². The first-order valence-electron chi connectivity index (χ1n) is 9.32. The Morgan fingerprint density at radius 3 is 2.14 bits per heavy atom.